The Labute approximate surface area is 110 Å². The Morgan fingerprint density at radius 1 is 1.17 bits per heavy atom. The lowest BCUT2D eigenvalue weighted by molar-refractivity contribution is 0.673. The van der Waals surface area contributed by atoms with Crippen LogP contribution in [0.3, 0.4) is 0 Å². The van der Waals surface area contributed by atoms with Gasteiger partial charge in [-0.15, -0.1) is 0 Å². The van der Waals surface area contributed by atoms with E-state index in [1.807, 2.05) is 0 Å². The van der Waals surface area contributed by atoms with E-state index < -0.39 is 0 Å². The summed E-state index contributed by atoms with van der Waals surface area (Å²) >= 11 is 0. The van der Waals surface area contributed by atoms with Crippen molar-refractivity contribution in [3.05, 3.63) is 34.5 Å². The summed E-state index contributed by atoms with van der Waals surface area (Å²) in [6, 6.07) is 4.50. The largest absolute Gasteiger partial charge is 0.358 e. The lowest BCUT2D eigenvalue weighted by Crippen LogP contribution is -2.14. The smallest absolute Gasteiger partial charge is 0.0491 e. The standard InChI is InChI=1S/C16H24N2/c1-5-17-10-6-7-14-13(4)18-16-12(3)11(2)8-9-15(14)16/h8-9,17-18H,5-7,10H2,1-4H3. The van der Waals surface area contributed by atoms with E-state index in [1.54, 1.807) is 0 Å². The molecule has 0 radical (unpaired) electrons. The maximum atomic E-state index is 3.56. The number of aromatic amines is 1. The van der Waals surface area contributed by atoms with Crippen LogP contribution in [0.25, 0.3) is 10.9 Å². The van der Waals surface area contributed by atoms with Crippen LogP contribution in [0.15, 0.2) is 12.1 Å². The fourth-order valence-electron chi connectivity index (χ4n) is 2.58. The molecule has 0 saturated heterocycles. The number of hydrogen-bond donors (Lipinski definition) is 2. The molecule has 2 rings (SSSR count). The van der Waals surface area contributed by atoms with Gasteiger partial charge in [-0.3, -0.25) is 0 Å². The Hall–Kier alpha value is -1.28. The predicted octanol–water partition coefficient (Wildman–Crippen LogP) is 3.64. The van der Waals surface area contributed by atoms with Gasteiger partial charge < -0.3 is 10.3 Å². The van der Waals surface area contributed by atoms with Gasteiger partial charge >= 0.3 is 0 Å². The van der Waals surface area contributed by atoms with Gasteiger partial charge in [-0.25, -0.2) is 0 Å². The fourth-order valence-corrected chi connectivity index (χ4v) is 2.58. The first kappa shape index (κ1) is 13.2. The summed E-state index contributed by atoms with van der Waals surface area (Å²) in [6.45, 7) is 10.9. The summed E-state index contributed by atoms with van der Waals surface area (Å²) in [5.74, 6) is 0. The van der Waals surface area contributed by atoms with Crippen LogP contribution in [0, 0.1) is 20.8 Å². The number of rotatable bonds is 5. The lowest BCUT2D eigenvalue weighted by Gasteiger charge is -2.04. The average molecular weight is 244 g/mol. The van der Waals surface area contributed by atoms with Crippen LogP contribution in [0.1, 0.15) is 35.7 Å². The topological polar surface area (TPSA) is 27.8 Å². The van der Waals surface area contributed by atoms with Gasteiger partial charge in [0.2, 0.25) is 0 Å². The molecular weight excluding hydrogens is 220 g/mol. The predicted molar refractivity (Wildman–Crippen MR) is 79.4 cm³/mol. The van der Waals surface area contributed by atoms with E-state index >= 15 is 0 Å². The molecule has 2 heteroatoms. The van der Waals surface area contributed by atoms with Crippen molar-refractivity contribution in [3.8, 4) is 0 Å². The summed E-state index contributed by atoms with van der Waals surface area (Å²) in [5.41, 5.74) is 6.89. The molecule has 98 valence electrons. The van der Waals surface area contributed by atoms with Crippen molar-refractivity contribution in [2.75, 3.05) is 13.1 Å². The van der Waals surface area contributed by atoms with Crippen LogP contribution in [-0.2, 0) is 6.42 Å². The molecule has 0 unspecified atom stereocenters. The second-order valence-corrected chi connectivity index (χ2v) is 5.12. The molecule has 0 saturated carbocycles. The summed E-state index contributed by atoms with van der Waals surface area (Å²) in [5, 5.41) is 4.80. The van der Waals surface area contributed by atoms with Gasteiger partial charge in [0, 0.05) is 16.6 Å². The van der Waals surface area contributed by atoms with Crippen LogP contribution in [-0.4, -0.2) is 18.1 Å². The molecular formula is C16H24N2. The summed E-state index contributed by atoms with van der Waals surface area (Å²) in [6.07, 6.45) is 2.36. The molecule has 1 aromatic carbocycles. The molecule has 0 bridgehead atoms. The molecule has 2 N–H and O–H groups in total. The number of fused-ring (bicyclic) bond motifs is 1. The molecule has 2 aromatic rings. The number of aromatic nitrogens is 1. The molecule has 0 atom stereocenters. The molecule has 0 aliphatic carbocycles. The zero-order valence-electron chi connectivity index (χ0n) is 12.0. The van der Waals surface area contributed by atoms with Gasteiger partial charge in [-0.05, 0) is 63.4 Å². The van der Waals surface area contributed by atoms with Gasteiger partial charge in [0.05, 0.1) is 0 Å². The molecule has 0 spiro atoms. The normalized spacial score (nSPS) is 11.3. The highest BCUT2D eigenvalue weighted by Gasteiger charge is 2.10. The zero-order chi connectivity index (χ0) is 13.1. The molecule has 1 heterocycles. The Kier molecular flexibility index (Phi) is 4.07. The monoisotopic (exact) mass is 244 g/mol. The first-order valence-corrected chi connectivity index (χ1v) is 6.93. The first-order chi connectivity index (χ1) is 8.65. The van der Waals surface area contributed by atoms with Crippen molar-refractivity contribution in [3.63, 3.8) is 0 Å². The van der Waals surface area contributed by atoms with Gasteiger partial charge in [0.1, 0.15) is 0 Å². The van der Waals surface area contributed by atoms with Crippen LogP contribution in [0.4, 0.5) is 0 Å². The van der Waals surface area contributed by atoms with E-state index in [0.717, 1.165) is 19.5 Å². The highest BCUT2D eigenvalue weighted by molar-refractivity contribution is 5.88. The third-order valence-corrected chi connectivity index (χ3v) is 3.86. The minimum Gasteiger partial charge on any atom is -0.358 e. The van der Waals surface area contributed by atoms with E-state index in [2.05, 4.69) is 50.1 Å². The summed E-state index contributed by atoms with van der Waals surface area (Å²) in [4.78, 5) is 3.56. The SMILES string of the molecule is CCNCCCc1c(C)[nH]c2c(C)c(C)ccc12. The third-order valence-electron chi connectivity index (χ3n) is 3.86. The maximum Gasteiger partial charge on any atom is 0.0491 e. The van der Waals surface area contributed by atoms with Crippen molar-refractivity contribution >= 4 is 10.9 Å². The first-order valence-electron chi connectivity index (χ1n) is 6.93. The Bertz CT molecular complexity index is 538. The second-order valence-electron chi connectivity index (χ2n) is 5.12. The molecule has 2 nitrogen and oxygen atoms in total. The Morgan fingerprint density at radius 3 is 2.67 bits per heavy atom. The number of aryl methyl sites for hydroxylation is 4. The minimum atomic E-state index is 1.06. The van der Waals surface area contributed by atoms with E-state index in [4.69, 9.17) is 0 Å². The van der Waals surface area contributed by atoms with Gasteiger partial charge in [-0.1, -0.05) is 19.1 Å². The van der Waals surface area contributed by atoms with Crippen molar-refractivity contribution in [1.82, 2.24) is 10.3 Å². The molecule has 0 aliphatic heterocycles. The van der Waals surface area contributed by atoms with E-state index in [9.17, 15) is 0 Å². The molecule has 0 fully saturated rings. The van der Waals surface area contributed by atoms with Crippen molar-refractivity contribution in [2.24, 2.45) is 0 Å². The number of benzene rings is 1. The fraction of sp³-hybridized carbons (Fsp3) is 0.500. The van der Waals surface area contributed by atoms with Crippen LogP contribution < -0.4 is 5.32 Å². The van der Waals surface area contributed by atoms with Gasteiger partial charge in [0.15, 0.2) is 0 Å². The lowest BCUT2D eigenvalue weighted by atomic mass is 10.0. The average Bonchev–Trinajstić information content (AvgIpc) is 2.67. The number of hydrogen-bond acceptors (Lipinski definition) is 1. The molecule has 0 aliphatic rings. The minimum absolute atomic E-state index is 1.06. The van der Waals surface area contributed by atoms with Gasteiger partial charge in [0.25, 0.3) is 0 Å². The van der Waals surface area contributed by atoms with Gasteiger partial charge in [-0.2, -0.15) is 0 Å². The van der Waals surface area contributed by atoms with Crippen LogP contribution in [0.5, 0.6) is 0 Å². The molecule has 0 amide bonds. The Morgan fingerprint density at radius 2 is 1.94 bits per heavy atom. The van der Waals surface area contributed by atoms with E-state index in [0.29, 0.717) is 0 Å². The van der Waals surface area contributed by atoms with E-state index in [-0.39, 0.29) is 0 Å². The van der Waals surface area contributed by atoms with Crippen molar-refractivity contribution < 1.29 is 0 Å². The quantitative estimate of drug-likeness (QED) is 0.772. The van der Waals surface area contributed by atoms with Crippen molar-refractivity contribution in [2.45, 2.75) is 40.5 Å². The van der Waals surface area contributed by atoms with E-state index in [1.165, 1.54) is 39.7 Å². The number of H-pyrrole nitrogens is 1. The van der Waals surface area contributed by atoms with Crippen molar-refractivity contribution in [1.29, 1.82) is 0 Å². The van der Waals surface area contributed by atoms with Crippen LogP contribution in [0.2, 0.25) is 0 Å². The maximum absolute atomic E-state index is 3.56. The molecule has 1 aromatic heterocycles. The second kappa shape index (κ2) is 5.57. The van der Waals surface area contributed by atoms with Crippen LogP contribution >= 0.6 is 0 Å². The molecule has 18 heavy (non-hydrogen) atoms. The zero-order valence-corrected chi connectivity index (χ0v) is 12.0. The highest BCUT2D eigenvalue weighted by Crippen LogP contribution is 2.27. The summed E-state index contributed by atoms with van der Waals surface area (Å²) in [7, 11) is 0. The number of nitrogens with one attached hydrogen (secondary N) is 2. The highest BCUT2D eigenvalue weighted by atomic mass is 14.8. The summed E-state index contributed by atoms with van der Waals surface area (Å²) < 4.78 is 0. The Balaban J connectivity index is 2.27. The third kappa shape index (κ3) is 2.44.